The molecule has 1 N–H and O–H groups in total. The van der Waals surface area contributed by atoms with Crippen molar-refractivity contribution in [2.75, 3.05) is 5.32 Å². The van der Waals surface area contributed by atoms with E-state index in [9.17, 15) is 18.0 Å². The summed E-state index contributed by atoms with van der Waals surface area (Å²) in [6.45, 7) is 3.28. The molecule has 0 spiro atoms. The van der Waals surface area contributed by atoms with Gasteiger partial charge in [0.2, 0.25) is 5.91 Å². The average molecular weight is 406 g/mol. The van der Waals surface area contributed by atoms with Crippen molar-refractivity contribution in [3.8, 4) is 0 Å². The number of nitrogens with one attached hydrogen (secondary N) is 1. The van der Waals surface area contributed by atoms with E-state index >= 15 is 0 Å². The number of benzene rings is 1. The van der Waals surface area contributed by atoms with E-state index in [1.54, 1.807) is 25.1 Å². The maximum absolute atomic E-state index is 13.2. The second-order valence-electron chi connectivity index (χ2n) is 6.39. The predicted octanol–water partition coefficient (Wildman–Crippen LogP) is 5.59. The molecule has 1 aromatic heterocycles. The van der Waals surface area contributed by atoms with Gasteiger partial charge in [-0.25, -0.2) is 0 Å². The molecule has 26 heavy (non-hydrogen) atoms. The molecule has 4 nitrogen and oxygen atoms in total. The third-order valence-electron chi connectivity index (χ3n) is 4.32. The number of halogens is 5. The summed E-state index contributed by atoms with van der Waals surface area (Å²) in [7, 11) is 0. The fourth-order valence-corrected chi connectivity index (χ4v) is 3.26. The van der Waals surface area contributed by atoms with Gasteiger partial charge in [-0.05, 0) is 44.4 Å². The zero-order chi connectivity index (χ0) is 19.2. The Bertz CT molecular complexity index is 860. The van der Waals surface area contributed by atoms with E-state index in [0.717, 1.165) is 23.1 Å². The van der Waals surface area contributed by atoms with Gasteiger partial charge in [0, 0.05) is 16.6 Å². The third kappa shape index (κ3) is 3.69. The van der Waals surface area contributed by atoms with Crippen LogP contribution in [0.25, 0.3) is 0 Å². The fourth-order valence-electron chi connectivity index (χ4n) is 2.70. The number of amides is 1. The number of aryl methyl sites for hydroxylation is 1. The molecule has 9 heteroatoms. The molecule has 2 aromatic rings. The van der Waals surface area contributed by atoms with Crippen LogP contribution in [0.3, 0.4) is 0 Å². The Morgan fingerprint density at radius 2 is 2.00 bits per heavy atom. The van der Waals surface area contributed by atoms with Gasteiger partial charge in [-0.15, -0.1) is 0 Å². The molecule has 1 atom stereocenters. The van der Waals surface area contributed by atoms with E-state index in [-0.39, 0.29) is 11.6 Å². The monoisotopic (exact) mass is 405 g/mol. The molecule has 1 aliphatic rings. The Kier molecular flexibility index (Phi) is 4.96. The van der Waals surface area contributed by atoms with E-state index in [4.69, 9.17) is 23.2 Å². The molecule has 140 valence electrons. The van der Waals surface area contributed by atoms with Crippen LogP contribution in [-0.4, -0.2) is 15.7 Å². The first-order chi connectivity index (χ1) is 12.1. The molecule has 1 aliphatic carbocycles. The summed E-state index contributed by atoms with van der Waals surface area (Å²) in [4.78, 5) is 12.6. The molecule has 1 heterocycles. The van der Waals surface area contributed by atoms with Gasteiger partial charge in [0.05, 0.1) is 10.7 Å². The van der Waals surface area contributed by atoms with Crippen LogP contribution in [0.2, 0.25) is 10.0 Å². The molecule has 0 bridgehead atoms. The van der Waals surface area contributed by atoms with Crippen molar-refractivity contribution < 1.29 is 18.0 Å². The van der Waals surface area contributed by atoms with Gasteiger partial charge in [-0.1, -0.05) is 29.3 Å². The lowest BCUT2D eigenvalue weighted by Crippen LogP contribution is -2.26. The average Bonchev–Trinajstić information content (AvgIpc) is 3.31. The number of carbonyl (C=O) groups is 1. The Morgan fingerprint density at radius 1 is 1.35 bits per heavy atom. The highest BCUT2D eigenvalue weighted by molar-refractivity contribution is 6.32. The molecule has 1 fully saturated rings. The van der Waals surface area contributed by atoms with Crippen LogP contribution in [-0.2, 0) is 11.0 Å². The van der Waals surface area contributed by atoms with Crippen molar-refractivity contribution in [1.29, 1.82) is 0 Å². The third-order valence-corrected chi connectivity index (χ3v) is 4.93. The van der Waals surface area contributed by atoms with Gasteiger partial charge in [0.25, 0.3) is 0 Å². The molecule has 1 amide bonds. The van der Waals surface area contributed by atoms with Gasteiger partial charge in [-0.2, -0.15) is 18.3 Å². The SMILES string of the molecule is Cc1ccc(Cl)cc1NC(=O)C(C)n1nc(C(F)(F)F)c(Cl)c1C1CC1. The number of rotatable bonds is 4. The summed E-state index contributed by atoms with van der Waals surface area (Å²) < 4.78 is 40.6. The summed E-state index contributed by atoms with van der Waals surface area (Å²) in [6.07, 6.45) is -3.22. The standard InChI is InChI=1S/C17H16Cl2F3N3O/c1-8-3-6-11(18)7-12(8)23-16(26)9(2)25-14(10-4-5-10)13(19)15(24-25)17(20,21)22/h3,6-7,9-10H,4-5H2,1-2H3,(H,23,26). The Balaban J connectivity index is 1.93. The van der Waals surface area contributed by atoms with Crippen LogP contribution < -0.4 is 5.32 Å². The molecule has 0 saturated heterocycles. The molecule has 1 aromatic carbocycles. The Labute approximate surface area is 158 Å². The molecule has 3 rings (SSSR count). The minimum absolute atomic E-state index is 0.103. The maximum atomic E-state index is 13.2. The van der Waals surface area contributed by atoms with Crippen LogP contribution in [0.1, 0.15) is 48.7 Å². The van der Waals surface area contributed by atoms with Crippen LogP contribution >= 0.6 is 23.2 Å². The Morgan fingerprint density at radius 3 is 2.58 bits per heavy atom. The summed E-state index contributed by atoms with van der Waals surface area (Å²) in [5.74, 6) is -0.598. The largest absolute Gasteiger partial charge is 0.436 e. The summed E-state index contributed by atoms with van der Waals surface area (Å²) in [5.41, 5.74) is 0.396. The minimum Gasteiger partial charge on any atom is -0.324 e. The minimum atomic E-state index is -4.67. The van der Waals surface area contributed by atoms with E-state index in [2.05, 4.69) is 10.4 Å². The maximum Gasteiger partial charge on any atom is 0.436 e. The number of carbonyl (C=O) groups excluding carboxylic acids is 1. The van der Waals surface area contributed by atoms with Gasteiger partial charge in [-0.3, -0.25) is 9.48 Å². The van der Waals surface area contributed by atoms with Crippen molar-refractivity contribution in [2.45, 2.75) is 44.8 Å². The van der Waals surface area contributed by atoms with E-state index in [0.29, 0.717) is 10.7 Å². The van der Waals surface area contributed by atoms with Gasteiger partial charge >= 0.3 is 6.18 Å². The molecule has 0 radical (unpaired) electrons. The predicted molar refractivity (Wildman–Crippen MR) is 93.7 cm³/mol. The first-order valence-corrected chi connectivity index (χ1v) is 8.77. The highest BCUT2D eigenvalue weighted by atomic mass is 35.5. The number of hydrogen-bond donors (Lipinski definition) is 1. The van der Waals surface area contributed by atoms with Crippen LogP contribution in [0.5, 0.6) is 0 Å². The highest BCUT2D eigenvalue weighted by Gasteiger charge is 2.43. The van der Waals surface area contributed by atoms with Gasteiger partial charge in [0.15, 0.2) is 5.69 Å². The van der Waals surface area contributed by atoms with Gasteiger partial charge < -0.3 is 5.32 Å². The van der Waals surface area contributed by atoms with E-state index in [1.165, 1.54) is 6.92 Å². The van der Waals surface area contributed by atoms with Crippen molar-refractivity contribution in [3.63, 3.8) is 0 Å². The lowest BCUT2D eigenvalue weighted by atomic mass is 10.2. The zero-order valence-corrected chi connectivity index (χ0v) is 15.5. The van der Waals surface area contributed by atoms with E-state index in [1.807, 2.05) is 0 Å². The fraction of sp³-hybridized carbons (Fsp3) is 0.412. The normalized spacial score (nSPS) is 15.8. The lowest BCUT2D eigenvalue weighted by molar-refractivity contribution is -0.141. The quantitative estimate of drug-likeness (QED) is 0.719. The van der Waals surface area contributed by atoms with Crippen LogP contribution in [0, 0.1) is 6.92 Å². The number of anilines is 1. The first-order valence-electron chi connectivity index (χ1n) is 8.01. The summed E-state index contributed by atoms with van der Waals surface area (Å²) >= 11 is 11.9. The van der Waals surface area contributed by atoms with Crippen molar-refractivity contribution in [1.82, 2.24) is 9.78 Å². The second-order valence-corrected chi connectivity index (χ2v) is 7.20. The summed E-state index contributed by atoms with van der Waals surface area (Å²) in [5, 5.41) is 6.34. The van der Waals surface area contributed by atoms with Crippen molar-refractivity contribution >= 4 is 34.8 Å². The molecule has 0 aliphatic heterocycles. The smallest absolute Gasteiger partial charge is 0.324 e. The molecule has 1 saturated carbocycles. The summed E-state index contributed by atoms with van der Waals surface area (Å²) in [6, 6.07) is 4.05. The number of nitrogens with zero attached hydrogens (tertiary/aromatic N) is 2. The zero-order valence-electron chi connectivity index (χ0n) is 14.0. The Hall–Kier alpha value is -1.73. The van der Waals surface area contributed by atoms with Gasteiger partial charge in [0.1, 0.15) is 6.04 Å². The van der Waals surface area contributed by atoms with Crippen molar-refractivity contribution in [2.24, 2.45) is 0 Å². The van der Waals surface area contributed by atoms with Crippen LogP contribution in [0.4, 0.5) is 18.9 Å². The lowest BCUT2D eigenvalue weighted by Gasteiger charge is -2.17. The van der Waals surface area contributed by atoms with Crippen molar-refractivity contribution in [3.05, 3.63) is 45.2 Å². The highest BCUT2D eigenvalue weighted by Crippen LogP contribution is 2.47. The van der Waals surface area contributed by atoms with E-state index < -0.39 is 28.8 Å². The topological polar surface area (TPSA) is 46.9 Å². The molecule has 1 unspecified atom stereocenters. The second kappa shape index (κ2) is 6.78. The number of aromatic nitrogens is 2. The first kappa shape index (κ1) is 19.0. The van der Waals surface area contributed by atoms with Crippen LogP contribution in [0.15, 0.2) is 18.2 Å². The molecular weight excluding hydrogens is 390 g/mol. The number of alkyl halides is 3. The molecular formula is C17H16Cl2F3N3O. The number of hydrogen-bond acceptors (Lipinski definition) is 2.